The second kappa shape index (κ2) is 15.9. The number of benzene rings is 8. The molecule has 0 N–H and O–H groups in total. The summed E-state index contributed by atoms with van der Waals surface area (Å²) in [5, 5.41) is 9.94. The normalized spacial score (nSPS) is 15.1. The maximum atomic E-state index is 2.60. The third-order valence-corrected chi connectivity index (χ3v) is 15.2. The molecule has 0 bridgehead atoms. The van der Waals surface area contributed by atoms with Crippen molar-refractivity contribution in [2.24, 2.45) is 11.3 Å². The summed E-state index contributed by atoms with van der Waals surface area (Å²) >= 11 is 0. The molecule has 0 fully saturated rings. The first-order valence-corrected chi connectivity index (χ1v) is 25.1. The number of para-hydroxylation sites is 1. The van der Waals surface area contributed by atoms with Crippen molar-refractivity contribution in [2.75, 3.05) is 9.80 Å². The van der Waals surface area contributed by atoms with E-state index in [1.54, 1.807) is 0 Å². The summed E-state index contributed by atoms with van der Waals surface area (Å²) in [6.07, 6.45) is 8.33. The highest BCUT2D eigenvalue weighted by molar-refractivity contribution is 6.33. The molecule has 3 heteroatoms. The van der Waals surface area contributed by atoms with Crippen molar-refractivity contribution in [1.29, 1.82) is 0 Å². The summed E-state index contributed by atoms with van der Waals surface area (Å²) in [6.45, 7) is 27.8. The predicted molar refractivity (Wildman–Crippen MR) is 300 cm³/mol. The molecule has 346 valence electrons. The van der Waals surface area contributed by atoms with E-state index >= 15 is 0 Å². The minimum absolute atomic E-state index is 0.0335. The van der Waals surface area contributed by atoms with Crippen LogP contribution in [-0.4, -0.2) is 4.40 Å². The van der Waals surface area contributed by atoms with Gasteiger partial charge in [0.1, 0.15) is 0 Å². The smallest absolute Gasteiger partial charge is 0.0640 e. The highest BCUT2D eigenvalue weighted by atomic mass is 15.2. The van der Waals surface area contributed by atoms with Gasteiger partial charge in [0, 0.05) is 55.1 Å². The van der Waals surface area contributed by atoms with E-state index in [1.807, 2.05) is 0 Å². The van der Waals surface area contributed by atoms with Crippen LogP contribution in [0.3, 0.4) is 0 Å². The molecule has 0 saturated heterocycles. The molecule has 1 atom stereocenters. The zero-order valence-electron chi connectivity index (χ0n) is 42.8. The molecule has 8 aromatic carbocycles. The summed E-state index contributed by atoms with van der Waals surface area (Å²) in [5.74, 6) is 0.460. The standard InChI is InChI=1S/C66H67N3/c1-63(2,3)44-24-32-48(33-25-44)67(49-34-26-45(27-35-49)64(4,5)6)61-52-20-15-13-18-42(52)40-56-58(61)54-22-17-23-55-59-57(69(56)60(54)55)41-43-19-14-16-21-53(43)62(59)68(50-36-28-46(29-37-50)65(7,8)9)51-38-30-47(31-39-51)66(10,11)12/h13-30,32-41,47H,31H2,1-12H3. The zero-order valence-corrected chi connectivity index (χ0v) is 42.8. The maximum Gasteiger partial charge on any atom is 0.0640 e. The van der Waals surface area contributed by atoms with Crippen molar-refractivity contribution in [1.82, 2.24) is 4.40 Å². The second-order valence-corrected chi connectivity index (χ2v) is 24.0. The third-order valence-electron chi connectivity index (χ3n) is 15.2. The number of hydrogen-bond donors (Lipinski definition) is 0. The van der Waals surface area contributed by atoms with Crippen molar-refractivity contribution in [3.05, 3.63) is 192 Å². The average Bonchev–Trinajstić information content (AvgIpc) is 3.83. The van der Waals surface area contributed by atoms with Crippen LogP contribution in [0.15, 0.2) is 176 Å². The molecule has 1 unspecified atom stereocenters. The SMILES string of the molecule is CC(C)(C)c1ccc(N(C2=CCC(C(C)(C)C)C=C2)c2c3ccccc3cc3c2c2cccc4c5c(N(c6ccc(C(C)(C)C)cc6)c6ccc(C(C)(C)C)cc6)c6ccccc6cc5n3c24)cc1. The molecule has 1 aliphatic rings. The Bertz CT molecular complexity index is 3590. The van der Waals surface area contributed by atoms with Gasteiger partial charge in [0.2, 0.25) is 0 Å². The van der Waals surface area contributed by atoms with Crippen LogP contribution in [0.1, 0.15) is 106 Å². The van der Waals surface area contributed by atoms with Crippen molar-refractivity contribution in [2.45, 2.75) is 106 Å². The third kappa shape index (κ3) is 7.48. The van der Waals surface area contributed by atoms with Crippen molar-refractivity contribution >= 4 is 88.1 Å². The van der Waals surface area contributed by atoms with Gasteiger partial charge in [0.25, 0.3) is 0 Å². The van der Waals surface area contributed by atoms with Crippen LogP contribution in [0.2, 0.25) is 0 Å². The predicted octanol–water partition coefficient (Wildman–Crippen LogP) is 19.1. The average molecular weight is 902 g/mol. The minimum Gasteiger partial charge on any atom is -0.310 e. The first-order valence-electron chi connectivity index (χ1n) is 25.1. The van der Waals surface area contributed by atoms with Crippen molar-refractivity contribution in [3.8, 4) is 0 Å². The van der Waals surface area contributed by atoms with E-state index in [9.17, 15) is 0 Å². The minimum atomic E-state index is 0.0335. The van der Waals surface area contributed by atoms with Crippen LogP contribution in [0.4, 0.5) is 28.4 Å². The molecule has 69 heavy (non-hydrogen) atoms. The Morgan fingerprint density at radius 2 is 0.826 bits per heavy atom. The molecule has 2 aromatic heterocycles. The number of anilines is 5. The molecule has 10 aromatic rings. The van der Waals surface area contributed by atoms with E-state index in [-0.39, 0.29) is 21.7 Å². The quantitative estimate of drug-likeness (QED) is 0.165. The topological polar surface area (TPSA) is 10.9 Å². The Kier molecular flexibility index (Phi) is 10.3. The highest BCUT2D eigenvalue weighted by Gasteiger charge is 2.31. The van der Waals surface area contributed by atoms with Gasteiger partial charge in [-0.05, 0) is 116 Å². The Hall–Kier alpha value is -6.84. The van der Waals surface area contributed by atoms with Crippen LogP contribution >= 0.6 is 0 Å². The summed E-state index contributed by atoms with van der Waals surface area (Å²) in [7, 11) is 0. The van der Waals surface area contributed by atoms with Gasteiger partial charge in [-0.15, -0.1) is 0 Å². The molecule has 1 aliphatic carbocycles. The van der Waals surface area contributed by atoms with Crippen LogP contribution in [-0.2, 0) is 16.2 Å². The van der Waals surface area contributed by atoms with E-state index in [0.717, 1.165) is 17.8 Å². The Morgan fingerprint density at radius 3 is 1.22 bits per heavy atom. The Balaban J connectivity index is 1.25. The van der Waals surface area contributed by atoms with Crippen molar-refractivity contribution < 1.29 is 0 Å². The largest absolute Gasteiger partial charge is 0.310 e. The molecule has 11 rings (SSSR count). The second-order valence-electron chi connectivity index (χ2n) is 24.0. The number of rotatable bonds is 6. The monoisotopic (exact) mass is 902 g/mol. The number of allylic oxidation sites excluding steroid dienone is 3. The zero-order chi connectivity index (χ0) is 48.4. The first-order chi connectivity index (χ1) is 32.8. The van der Waals surface area contributed by atoms with Crippen LogP contribution in [0, 0.1) is 11.3 Å². The van der Waals surface area contributed by atoms with E-state index in [2.05, 4.69) is 267 Å². The molecule has 0 spiro atoms. The van der Waals surface area contributed by atoms with Gasteiger partial charge in [0.05, 0.1) is 27.9 Å². The number of nitrogens with zero attached hydrogens (tertiary/aromatic N) is 3. The van der Waals surface area contributed by atoms with Gasteiger partial charge in [-0.25, -0.2) is 0 Å². The van der Waals surface area contributed by atoms with Crippen LogP contribution < -0.4 is 9.80 Å². The van der Waals surface area contributed by atoms with E-state index in [1.165, 1.54) is 99.1 Å². The van der Waals surface area contributed by atoms with Gasteiger partial charge < -0.3 is 14.2 Å². The molecule has 0 radical (unpaired) electrons. The number of hydrogen-bond acceptors (Lipinski definition) is 2. The highest BCUT2D eigenvalue weighted by Crippen LogP contribution is 2.53. The van der Waals surface area contributed by atoms with E-state index in [0.29, 0.717) is 5.92 Å². The molecule has 0 amide bonds. The fourth-order valence-electron chi connectivity index (χ4n) is 11.1. The van der Waals surface area contributed by atoms with Gasteiger partial charge in [-0.2, -0.15) is 0 Å². The summed E-state index contributed by atoms with van der Waals surface area (Å²) < 4.78 is 2.60. The molecular weight excluding hydrogens is 835 g/mol. The lowest BCUT2D eigenvalue weighted by molar-refractivity contribution is 0.293. The van der Waals surface area contributed by atoms with Crippen molar-refractivity contribution in [3.63, 3.8) is 0 Å². The molecule has 3 nitrogen and oxygen atoms in total. The lowest BCUT2D eigenvalue weighted by atomic mass is 9.77. The fraction of sp³-hybridized carbons (Fsp3) is 0.273. The first kappa shape index (κ1) is 44.7. The van der Waals surface area contributed by atoms with Crippen LogP contribution in [0.5, 0.6) is 0 Å². The Morgan fingerprint density at radius 1 is 0.435 bits per heavy atom. The fourth-order valence-corrected chi connectivity index (χ4v) is 11.1. The van der Waals surface area contributed by atoms with E-state index < -0.39 is 0 Å². The molecule has 0 aliphatic heterocycles. The van der Waals surface area contributed by atoms with Gasteiger partial charge >= 0.3 is 0 Å². The van der Waals surface area contributed by atoms with Gasteiger partial charge in [-0.1, -0.05) is 198 Å². The van der Waals surface area contributed by atoms with E-state index in [4.69, 9.17) is 0 Å². The lowest BCUT2D eigenvalue weighted by Gasteiger charge is -2.34. The summed E-state index contributed by atoms with van der Waals surface area (Å²) in [6, 6.07) is 58.0. The molecular formula is C66H67N3. The van der Waals surface area contributed by atoms with Gasteiger partial charge in [-0.3, -0.25) is 0 Å². The summed E-state index contributed by atoms with van der Waals surface area (Å²) in [4.78, 5) is 5.10. The molecule has 0 saturated carbocycles. The Labute approximate surface area is 409 Å². The summed E-state index contributed by atoms with van der Waals surface area (Å²) in [5.41, 5.74) is 15.0. The number of fused-ring (bicyclic) bond motifs is 8. The maximum absolute atomic E-state index is 2.60. The van der Waals surface area contributed by atoms with Crippen LogP contribution in [0.25, 0.3) is 59.6 Å². The van der Waals surface area contributed by atoms with Gasteiger partial charge in [0.15, 0.2) is 0 Å². The lowest BCUT2D eigenvalue weighted by Crippen LogP contribution is -2.23. The number of aromatic nitrogens is 1. The molecule has 2 heterocycles.